The molecular weight excluding hydrogens is 332 g/mol. The Morgan fingerprint density at radius 3 is 2.52 bits per heavy atom. The fourth-order valence-electron chi connectivity index (χ4n) is 1.96. The Bertz CT molecular complexity index is 596. The van der Waals surface area contributed by atoms with E-state index in [0.29, 0.717) is 13.2 Å². The maximum absolute atomic E-state index is 9.54. The van der Waals surface area contributed by atoms with Gasteiger partial charge in [-0.3, -0.25) is 0 Å². The highest BCUT2D eigenvalue weighted by atomic mass is 79.9. The fraction of sp³-hybridized carbons (Fsp3) is 0.294. The number of ether oxygens (including phenoxy) is 2. The minimum absolute atomic E-state index is 0.461. The Morgan fingerprint density at radius 2 is 1.86 bits per heavy atom. The highest BCUT2D eigenvalue weighted by molar-refractivity contribution is 9.10. The summed E-state index contributed by atoms with van der Waals surface area (Å²) in [6.45, 7) is 4.67. The predicted molar refractivity (Wildman–Crippen MR) is 86.9 cm³/mol. The molecule has 3 nitrogen and oxygen atoms in total. The van der Waals surface area contributed by atoms with Gasteiger partial charge in [0.15, 0.2) is 0 Å². The Morgan fingerprint density at radius 1 is 1.10 bits per heavy atom. The summed E-state index contributed by atoms with van der Waals surface area (Å²) in [4.78, 5) is 0. The summed E-state index contributed by atoms with van der Waals surface area (Å²) in [7, 11) is 0. The van der Waals surface area contributed by atoms with Crippen LogP contribution in [0.5, 0.6) is 11.5 Å². The fourth-order valence-corrected chi connectivity index (χ4v) is 2.34. The molecule has 0 spiro atoms. The van der Waals surface area contributed by atoms with Crippen molar-refractivity contribution in [2.75, 3.05) is 13.2 Å². The molecule has 0 saturated heterocycles. The van der Waals surface area contributed by atoms with E-state index in [1.807, 2.05) is 49.4 Å². The van der Waals surface area contributed by atoms with Crippen LogP contribution < -0.4 is 9.47 Å². The number of benzene rings is 2. The molecule has 0 radical (unpaired) electrons. The number of hydrogen-bond acceptors (Lipinski definition) is 3. The van der Waals surface area contributed by atoms with Crippen molar-refractivity contribution >= 4 is 15.9 Å². The second-order valence-electron chi connectivity index (χ2n) is 4.86. The van der Waals surface area contributed by atoms with Gasteiger partial charge in [0.2, 0.25) is 0 Å². The zero-order chi connectivity index (χ0) is 15.2. The van der Waals surface area contributed by atoms with E-state index in [9.17, 15) is 5.11 Å². The lowest BCUT2D eigenvalue weighted by atomic mass is 10.1. The largest absolute Gasteiger partial charge is 0.490 e. The van der Waals surface area contributed by atoms with Crippen LogP contribution in [-0.4, -0.2) is 18.3 Å². The van der Waals surface area contributed by atoms with Crippen molar-refractivity contribution in [1.82, 2.24) is 0 Å². The molecule has 0 fully saturated rings. The van der Waals surface area contributed by atoms with E-state index in [-0.39, 0.29) is 0 Å². The number of rotatable bonds is 6. The van der Waals surface area contributed by atoms with Gasteiger partial charge >= 0.3 is 0 Å². The van der Waals surface area contributed by atoms with Gasteiger partial charge in [0.25, 0.3) is 0 Å². The average molecular weight is 351 g/mol. The smallest absolute Gasteiger partial charge is 0.122 e. The van der Waals surface area contributed by atoms with Gasteiger partial charge in [0.05, 0.1) is 6.10 Å². The van der Waals surface area contributed by atoms with Gasteiger partial charge in [0.1, 0.15) is 24.7 Å². The van der Waals surface area contributed by atoms with Crippen molar-refractivity contribution in [3.05, 3.63) is 58.1 Å². The summed E-state index contributed by atoms with van der Waals surface area (Å²) in [5, 5.41) is 9.54. The van der Waals surface area contributed by atoms with Crippen molar-refractivity contribution < 1.29 is 14.6 Å². The summed E-state index contributed by atoms with van der Waals surface area (Å²) in [5.74, 6) is 1.63. The molecule has 2 aromatic rings. The summed E-state index contributed by atoms with van der Waals surface area (Å²) in [6, 6.07) is 13.4. The second-order valence-corrected chi connectivity index (χ2v) is 5.77. The molecule has 0 aromatic heterocycles. The molecule has 0 saturated carbocycles. The molecule has 2 aromatic carbocycles. The third-order valence-corrected chi connectivity index (χ3v) is 3.58. The van der Waals surface area contributed by atoms with Gasteiger partial charge in [-0.1, -0.05) is 28.1 Å². The Hall–Kier alpha value is -1.52. The molecule has 0 amide bonds. The van der Waals surface area contributed by atoms with E-state index >= 15 is 0 Å². The number of halogens is 1. The van der Waals surface area contributed by atoms with Crippen molar-refractivity contribution in [3.8, 4) is 11.5 Å². The highest BCUT2D eigenvalue weighted by Crippen LogP contribution is 2.23. The van der Waals surface area contributed by atoms with Crippen molar-refractivity contribution in [1.29, 1.82) is 0 Å². The van der Waals surface area contributed by atoms with Crippen LogP contribution in [-0.2, 0) is 0 Å². The lowest BCUT2D eigenvalue weighted by molar-refractivity contribution is 0.198. The third kappa shape index (κ3) is 4.76. The molecule has 1 atom stereocenters. The van der Waals surface area contributed by atoms with E-state index in [4.69, 9.17) is 9.47 Å². The molecule has 0 heterocycles. The van der Waals surface area contributed by atoms with Gasteiger partial charge < -0.3 is 14.6 Å². The first-order chi connectivity index (χ1) is 10.1. The molecule has 0 aliphatic carbocycles. The van der Waals surface area contributed by atoms with Crippen LogP contribution in [0.15, 0.2) is 46.9 Å². The lowest BCUT2D eigenvalue weighted by Crippen LogP contribution is -2.09. The molecule has 0 aliphatic heterocycles. The van der Waals surface area contributed by atoms with Crippen LogP contribution in [0.3, 0.4) is 0 Å². The van der Waals surface area contributed by atoms with E-state index in [1.54, 1.807) is 6.92 Å². The Balaban J connectivity index is 1.83. The van der Waals surface area contributed by atoms with Crippen LogP contribution in [0.25, 0.3) is 0 Å². The molecule has 2 rings (SSSR count). The summed E-state index contributed by atoms with van der Waals surface area (Å²) in [5.41, 5.74) is 1.90. The highest BCUT2D eigenvalue weighted by Gasteiger charge is 2.05. The minimum atomic E-state index is -0.461. The Labute approximate surface area is 133 Å². The van der Waals surface area contributed by atoms with Gasteiger partial charge in [-0.15, -0.1) is 0 Å². The van der Waals surface area contributed by atoms with Gasteiger partial charge in [-0.2, -0.15) is 0 Å². The standard InChI is InChI=1S/C17H19BrO3/c1-12-10-14(13(2)19)6-7-17(12)21-9-8-20-16-5-3-4-15(18)11-16/h3-7,10-11,13,19H,8-9H2,1-2H3/t13-/m1/s1. The number of hydrogen-bond donors (Lipinski definition) is 1. The van der Waals surface area contributed by atoms with Gasteiger partial charge in [-0.05, 0) is 55.3 Å². The normalized spacial score (nSPS) is 12.0. The SMILES string of the molecule is Cc1cc([C@@H](C)O)ccc1OCCOc1cccc(Br)c1. The van der Waals surface area contributed by atoms with E-state index in [2.05, 4.69) is 15.9 Å². The molecule has 0 aliphatic rings. The zero-order valence-corrected chi connectivity index (χ0v) is 13.8. The number of aryl methyl sites for hydroxylation is 1. The quantitative estimate of drug-likeness (QED) is 0.790. The third-order valence-electron chi connectivity index (χ3n) is 3.09. The molecule has 1 N–H and O–H groups in total. The van der Waals surface area contributed by atoms with Gasteiger partial charge in [-0.25, -0.2) is 0 Å². The van der Waals surface area contributed by atoms with E-state index in [0.717, 1.165) is 27.1 Å². The lowest BCUT2D eigenvalue weighted by Gasteiger charge is -2.12. The topological polar surface area (TPSA) is 38.7 Å². The van der Waals surface area contributed by atoms with Crippen LogP contribution in [0, 0.1) is 6.92 Å². The predicted octanol–water partition coefficient (Wildman–Crippen LogP) is 4.27. The molecule has 4 heteroatoms. The molecule has 0 unspecified atom stereocenters. The van der Waals surface area contributed by atoms with Gasteiger partial charge in [0, 0.05) is 4.47 Å². The monoisotopic (exact) mass is 350 g/mol. The van der Waals surface area contributed by atoms with Crippen molar-refractivity contribution in [3.63, 3.8) is 0 Å². The molecule has 0 bridgehead atoms. The first-order valence-corrected chi connectivity index (χ1v) is 7.65. The maximum atomic E-state index is 9.54. The van der Waals surface area contributed by atoms with Crippen LogP contribution >= 0.6 is 15.9 Å². The van der Waals surface area contributed by atoms with E-state index in [1.165, 1.54) is 0 Å². The first-order valence-electron chi connectivity index (χ1n) is 6.86. The second kappa shape index (κ2) is 7.48. The van der Waals surface area contributed by atoms with Crippen LogP contribution in [0.1, 0.15) is 24.2 Å². The Kier molecular flexibility index (Phi) is 5.65. The number of aliphatic hydroxyl groups excluding tert-OH is 1. The summed E-state index contributed by atoms with van der Waals surface area (Å²) >= 11 is 3.40. The average Bonchev–Trinajstić information content (AvgIpc) is 2.45. The molecule has 21 heavy (non-hydrogen) atoms. The molecule has 112 valence electrons. The zero-order valence-electron chi connectivity index (χ0n) is 12.2. The van der Waals surface area contributed by atoms with E-state index < -0.39 is 6.10 Å². The summed E-state index contributed by atoms with van der Waals surface area (Å²) in [6.07, 6.45) is -0.461. The van der Waals surface area contributed by atoms with Crippen molar-refractivity contribution in [2.45, 2.75) is 20.0 Å². The van der Waals surface area contributed by atoms with Crippen LogP contribution in [0.2, 0.25) is 0 Å². The number of aliphatic hydroxyl groups is 1. The first kappa shape index (κ1) is 15.9. The van der Waals surface area contributed by atoms with Crippen LogP contribution in [0.4, 0.5) is 0 Å². The maximum Gasteiger partial charge on any atom is 0.122 e. The minimum Gasteiger partial charge on any atom is -0.490 e. The molecular formula is C17H19BrO3. The van der Waals surface area contributed by atoms with Crippen molar-refractivity contribution in [2.24, 2.45) is 0 Å². The summed E-state index contributed by atoms with van der Waals surface area (Å²) < 4.78 is 12.3.